The molecule has 0 spiro atoms. The van der Waals surface area contributed by atoms with Gasteiger partial charge < -0.3 is 10.2 Å². The molecule has 2 N–H and O–H groups in total. The zero-order valence-electron chi connectivity index (χ0n) is 33.4. The van der Waals surface area contributed by atoms with Gasteiger partial charge in [0.25, 0.3) is 0 Å². The van der Waals surface area contributed by atoms with Crippen LogP contribution in [0, 0.1) is 34.5 Å². The lowest BCUT2D eigenvalue weighted by Gasteiger charge is -2.44. The van der Waals surface area contributed by atoms with E-state index in [0.717, 1.165) is 36.8 Å². The summed E-state index contributed by atoms with van der Waals surface area (Å²) in [6.07, 6.45) is 41.9. The number of aliphatic hydroxyl groups excluding tert-OH is 2. The van der Waals surface area contributed by atoms with E-state index in [1.807, 2.05) is 13.8 Å². The van der Waals surface area contributed by atoms with Crippen molar-refractivity contribution in [3.8, 4) is 0 Å². The highest BCUT2D eigenvalue weighted by molar-refractivity contribution is 5.33. The molecule has 0 radical (unpaired) electrons. The molecule has 50 heavy (non-hydrogen) atoms. The standard InChI is InChI=1S/C48H68O2/c1-35(19-15-21-37(3)23-29-45-41(7)25-27-43(47(45,9)10)31-39(5)33-49)17-13-14-18-36(2)20-16-22-38(4)24-30-46-42(8)26-28-44(48(46,11)12)32-40(6)34-50/h13-26,29-30,33-34,43-46,49-50H,27-28,31-32H2,1-12H3/b14-13+,19-15+,20-16+,29-23+,30-24+,35-17+,36-18+,37-21+,38-22+,39-33+,40-34+/t43-,44-,45-,46-/m1/s1. The van der Waals surface area contributed by atoms with Crippen molar-refractivity contribution in [3.63, 3.8) is 0 Å². The average molecular weight is 677 g/mol. The predicted octanol–water partition coefficient (Wildman–Crippen LogP) is 14.5. The highest BCUT2D eigenvalue weighted by Gasteiger charge is 2.40. The minimum absolute atomic E-state index is 0.129. The fraction of sp³-hybridized carbons (Fsp3) is 0.458. The van der Waals surface area contributed by atoms with Gasteiger partial charge in [-0.05, 0) is 115 Å². The second-order valence-corrected chi connectivity index (χ2v) is 16.2. The van der Waals surface area contributed by atoms with Crippen LogP contribution in [-0.2, 0) is 0 Å². The van der Waals surface area contributed by atoms with Gasteiger partial charge in [-0.3, -0.25) is 0 Å². The molecular formula is C48H68O2. The summed E-state index contributed by atoms with van der Waals surface area (Å²) in [7, 11) is 0. The number of hydrogen-bond donors (Lipinski definition) is 2. The molecule has 0 saturated carbocycles. The molecule has 0 aromatic carbocycles. The lowest BCUT2D eigenvalue weighted by molar-refractivity contribution is 0.151. The molecule has 2 aliphatic carbocycles. The molecule has 2 nitrogen and oxygen atoms in total. The first kappa shape index (κ1) is 42.4. The summed E-state index contributed by atoms with van der Waals surface area (Å²) in [5.74, 6) is 1.80. The van der Waals surface area contributed by atoms with Crippen molar-refractivity contribution in [2.75, 3.05) is 0 Å². The first-order chi connectivity index (χ1) is 23.5. The quantitative estimate of drug-likeness (QED) is 0.109. The van der Waals surface area contributed by atoms with Gasteiger partial charge in [0.1, 0.15) is 0 Å². The van der Waals surface area contributed by atoms with E-state index in [1.54, 1.807) is 0 Å². The zero-order valence-corrected chi connectivity index (χ0v) is 33.4. The molecule has 2 heteroatoms. The Bertz CT molecular complexity index is 1430. The zero-order chi connectivity index (χ0) is 37.5. The molecule has 0 saturated heterocycles. The lowest BCUT2D eigenvalue weighted by Crippen LogP contribution is -2.35. The maximum atomic E-state index is 9.43. The van der Waals surface area contributed by atoms with Crippen LogP contribution in [0.25, 0.3) is 0 Å². The van der Waals surface area contributed by atoms with Crippen LogP contribution in [0.1, 0.15) is 109 Å². The first-order valence-electron chi connectivity index (χ1n) is 18.5. The van der Waals surface area contributed by atoms with Gasteiger partial charge in [-0.1, -0.05) is 158 Å². The summed E-state index contributed by atoms with van der Waals surface area (Å²) in [5.41, 5.74) is 10.1. The lowest BCUT2D eigenvalue weighted by atomic mass is 9.61. The molecule has 0 aromatic heterocycles. The van der Waals surface area contributed by atoms with E-state index >= 15 is 0 Å². The third-order valence-electron chi connectivity index (χ3n) is 11.1. The molecule has 0 bridgehead atoms. The van der Waals surface area contributed by atoms with Gasteiger partial charge in [-0.15, -0.1) is 0 Å². The molecule has 272 valence electrons. The summed E-state index contributed by atoms with van der Waals surface area (Å²) in [4.78, 5) is 0. The molecule has 0 heterocycles. The van der Waals surface area contributed by atoms with Gasteiger partial charge in [0.15, 0.2) is 0 Å². The topological polar surface area (TPSA) is 40.5 Å². The van der Waals surface area contributed by atoms with Crippen LogP contribution in [0.5, 0.6) is 0 Å². The van der Waals surface area contributed by atoms with E-state index in [9.17, 15) is 10.2 Å². The Balaban J connectivity index is 1.95. The van der Waals surface area contributed by atoms with Crippen molar-refractivity contribution in [2.24, 2.45) is 34.5 Å². The van der Waals surface area contributed by atoms with Gasteiger partial charge in [-0.25, -0.2) is 0 Å². The number of rotatable bonds is 14. The SMILES string of the molecule is CC1=CC[C@H](C/C(C)=C/O)C(C)(C)[C@@H]1/C=C/C(C)=C/C=C/C(C)=C/C=C/C=C(C)/C=C/C=C(C)/C=C/[C@@H]1C(C)=CC[C@H](C/C(C)=C/O)C1(C)C. The van der Waals surface area contributed by atoms with E-state index in [1.165, 1.54) is 46.0 Å². The highest BCUT2D eigenvalue weighted by atomic mass is 16.2. The van der Waals surface area contributed by atoms with Crippen LogP contribution in [0.15, 0.2) is 154 Å². The summed E-state index contributed by atoms with van der Waals surface area (Å²) < 4.78 is 0. The highest BCUT2D eigenvalue weighted by Crippen LogP contribution is 2.49. The third kappa shape index (κ3) is 13.2. The molecule has 0 aliphatic heterocycles. The Morgan fingerprint density at radius 1 is 0.560 bits per heavy atom. The summed E-state index contributed by atoms with van der Waals surface area (Å²) in [6.45, 7) is 26.6. The molecule has 2 aliphatic rings. The van der Waals surface area contributed by atoms with Crippen LogP contribution in [0.2, 0.25) is 0 Å². The molecule has 4 atom stereocenters. The van der Waals surface area contributed by atoms with E-state index in [-0.39, 0.29) is 10.8 Å². The van der Waals surface area contributed by atoms with Crippen LogP contribution < -0.4 is 0 Å². The van der Waals surface area contributed by atoms with Crippen molar-refractivity contribution >= 4 is 0 Å². The van der Waals surface area contributed by atoms with Gasteiger partial charge in [-0.2, -0.15) is 0 Å². The van der Waals surface area contributed by atoms with Gasteiger partial charge in [0.05, 0.1) is 12.5 Å². The molecule has 0 amide bonds. The van der Waals surface area contributed by atoms with Gasteiger partial charge in [0, 0.05) is 11.8 Å². The van der Waals surface area contributed by atoms with E-state index in [2.05, 4.69) is 166 Å². The Labute approximate surface area is 307 Å². The second-order valence-electron chi connectivity index (χ2n) is 16.2. The number of allylic oxidation sites excluding steroid dienone is 24. The van der Waals surface area contributed by atoms with Crippen molar-refractivity contribution in [3.05, 3.63) is 154 Å². The van der Waals surface area contributed by atoms with Crippen molar-refractivity contribution < 1.29 is 10.2 Å². The Morgan fingerprint density at radius 3 is 1.22 bits per heavy atom. The second kappa shape index (κ2) is 20.2. The van der Waals surface area contributed by atoms with Gasteiger partial charge in [0.2, 0.25) is 0 Å². The molecule has 2 rings (SSSR count). The Morgan fingerprint density at radius 2 is 0.880 bits per heavy atom. The van der Waals surface area contributed by atoms with Crippen LogP contribution in [0.3, 0.4) is 0 Å². The number of aliphatic hydroxyl groups is 2. The van der Waals surface area contributed by atoms with Crippen LogP contribution in [0.4, 0.5) is 0 Å². The first-order valence-corrected chi connectivity index (χ1v) is 18.5. The predicted molar refractivity (Wildman–Crippen MR) is 221 cm³/mol. The molecule has 0 unspecified atom stereocenters. The molecule has 0 fully saturated rings. The Hall–Kier alpha value is -3.78. The summed E-state index contributed by atoms with van der Waals surface area (Å²) in [5, 5.41) is 18.9. The minimum Gasteiger partial charge on any atom is -0.516 e. The van der Waals surface area contributed by atoms with E-state index < -0.39 is 0 Å². The molecule has 0 aromatic rings. The maximum absolute atomic E-state index is 9.43. The van der Waals surface area contributed by atoms with Crippen molar-refractivity contribution in [1.29, 1.82) is 0 Å². The third-order valence-corrected chi connectivity index (χ3v) is 11.1. The maximum Gasteiger partial charge on any atom is 0.0780 e. The van der Waals surface area contributed by atoms with Crippen LogP contribution in [-0.4, -0.2) is 10.2 Å². The molecular weight excluding hydrogens is 609 g/mol. The van der Waals surface area contributed by atoms with E-state index in [0.29, 0.717) is 23.7 Å². The summed E-state index contributed by atoms with van der Waals surface area (Å²) in [6, 6.07) is 0. The largest absolute Gasteiger partial charge is 0.516 e. The van der Waals surface area contributed by atoms with Crippen molar-refractivity contribution in [1.82, 2.24) is 0 Å². The fourth-order valence-electron chi connectivity index (χ4n) is 7.41. The smallest absolute Gasteiger partial charge is 0.0780 e. The van der Waals surface area contributed by atoms with Gasteiger partial charge >= 0.3 is 0 Å². The van der Waals surface area contributed by atoms with E-state index in [4.69, 9.17) is 0 Å². The fourth-order valence-corrected chi connectivity index (χ4v) is 7.41. The normalized spacial score (nSPS) is 26.2. The average Bonchev–Trinajstić information content (AvgIpc) is 3.05. The summed E-state index contributed by atoms with van der Waals surface area (Å²) >= 11 is 0. The number of hydrogen-bond acceptors (Lipinski definition) is 2. The van der Waals surface area contributed by atoms with Crippen LogP contribution >= 0.6 is 0 Å². The monoisotopic (exact) mass is 677 g/mol. The Kier molecular flexibility index (Phi) is 17.1. The minimum atomic E-state index is 0.129. The van der Waals surface area contributed by atoms with Crippen molar-refractivity contribution in [2.45, 2.75) is 109 Å².